The molecule has 0 saturated carbocycles. The Labute approximate surface area is 97.4 Å². The van der Waals surface area contributed by atoms with Crippen molar-refractivity contribution in [1.29, 1.82) is 0 Å². The molecule has 0 aliphatic rings. The van der Waals surface area contributed by atoms with E-state index < -0.39 is 0 Å². The van der Waals surface area contributed by atoms with Crippen molar-refractivity contribution in [1.82, 2.24) is 0 Å². The van der Waals surface area contributed by atoms with Gasteiger partial charge in [-0.3, -0.25) is 0 Å². The van der Waals surface area contributed by atoms with Gasteiger partial charge in [0.1, 0.15) is 6.29 Å². The standard InChI is InChI=1S/C11H13BrOS/c1-8(3-4-13)9-5-10(12)7-11(6-9)14-2/h4-8H,3H2,1-2H3. The molecular weight excluding hydrogens is 260 g/mol. The lowest BCUT2D eigenvalue weighted by Gasteiger charge is -2.10. The maximum Gasteiger partial charge on any atom is 0.120 e. The number of thioether (sulfide) groups is 1. The number of aldehydes is 1. The molecule has 0 N–H and O–H groups in total. The van der Waals surface area contributed by atoms with Crippen molar-refractivity contribution in [3.63, 3.8) is 0 Å². The van der Waals surface area contributed by atoms with E-state index in [-0.39, 0.29) is 0 Å². The van der Waals surface area contributed by atoms with Crippen molar-refractivity contribution in [3.05, 3.63) is 28.2 Å². The number of benzene rings is 1. The summed E-state index contributed by atoms with van der Waals surface area (Å²) in [4.78, 5) is 11.6. The fraction of sp³-hybridized carbons (Fsp3) is 0.364. The molecule has 0 bridgehead atoms. The first-order valence-electron chi connectivity index (χ1n) is 4.45. The molecule has 0 saturated heterocycles. The number of halogens is 1. The Morgan fingerprint density at radius 3 is 2.79 bits per heavy atom. The highest BCUT2D eigenvalue weighted by atomic mass is 79.9. The van der Waals surface area contributed by atoms with Gasteiger partial charge in [-0.25, -0.2) is 0 Å². The van der Waals surface area contributed by atoms with Gasteiger partial charge in [0.05, 0.1) is 0 Å². The van der Waals surface area contributed by atoms with E-state index in [1.54, 1.807) is 11.8 Å². The van der Waals surface area contributed by atoms with Crippen molar-refractivity contribution < 1.29 is 4.79 Å². The van der Waals surface area contributed by atoms with E-state index in [0.717, 1.165) is 10.8 Å². The summed E-state index contributed by atoms with van der Waals surface area (Å²) in [5, 5.41) is 0. The number of carbonyl (C=O) groups excluding carboxylic acids is 1. The third-order valence-corrected chi connectivity index (χ3v) is 3.31. The smallest absolute Gasteiger partial charge is 0.120 e. The Kier molecular flexibility index (Phi) is 4.69. The lowest BCUT2D eigenvalue weighted by molar-refractivity contribution is -0.108. The molecule has 0 aromatic heterocycles. The molecule has 0 fully saturated rings. The first-order valence-corrected chi connectivity index (χ1v) is 6.47. The SMILES string of the molecule is CSc1cc(Br)cc(C(C)CC=O)c1. The third kappa shape index (κ3) is 3.14. The molecule has 1 unspecified atom stereocenters. The predicted octanol–water partition coefficient (Wildman–Crippen LogP) is 3.86. The van der Waals surface area contributed by atoms with Gasteiger partial charge in [-0.05, 0) is 35.9 Å². The van der Waals surface area contributed by atoms with E-state index in [9.17, 15) is 4.79 Å². The predicted molar refractivity (Wildman–Crippen MR) is 65.0 cm³/mol. The molecule has 0 radical (unpaired) electrons. The summed E-state index contributed by atoms with van der Waals surface area (Å²) in [5.41, 5.74) is 1.22. The van der Waals surface area contributed by atoms with Crippen LogP contribution >= 0.6 is 27.7 Å². The Morgan fingerprint density at radius 2 is 2.21 bits per heavy atom. The molecule has 0 amide bonds. The molecule has 1 aromatic rings. The average Bonchev–Trinajstić information content (AvgIpc) is 2.17. The van der Waals surface area contributed by atoms with Gasteiger partial charge in [0.2, 0.25) is 0 Å². The maximum atomic E-state index is 10.4. The minimum absolute atomic E-state index is 0.302. The third-order valence-electron chi connectivity index (χ3n) is 2.15. The van der Waals surface area contributed by atoms with E-state index in [2.05, 4.69) is 47.3 Å². The van der Waals surface area contributed by atoms with E-state index in [0.29, 0.717) is 12.3 Å². The summed E-state index contributed by atoms with van der Waals surface area (Å²) in [7, 11) is 0. The summed E-state index contributed by atoms with van der Waals surface area (Å²) in [6, 6.07) is 6.30. The largest absolute Gasteiger partial charge is 0.303 e. The Morgan fingerprint density at radius 1 is 1.50 bits per heavy atom. The summed E-state index contributed by atoms with van der Waals surface area (Å²) >= 11 is 5.19. The first-order chi connectivity index (χ1) is 6.67. The summed E-state index contributed by atoms with van der Waals surface area (Å²) in [6.07, 6.45) is 3.62. The van der Waals surface area contributed by atoms with Crippen LogP contribution in [0.25, 0.3) is 0 Å². The number of rotatable bonds is 4. The summed E-state index contributed by atoms with van der Waals surface area (Å²) < 4.78 is 1.08. The van der Waals surface area contributed by atoms with Gasteiger partial charge in [0.15, 0.2) is 0 Å². The fourth-order valence-corrected chi connectivity index (χ4v) is 2.43. The second-order valence-electron chi connectivity index (χ2n) is 3.23. The van der Waals surface area contributed by atoms with Gasteiger partial charge in [-0.1, -0.05) is 22.9 Å². The van der Waals surface area contributed by atoms with Crippen molar-refractivity contribution in [2.24, 2.45) is 0 Å². The Balaban J connectivity index is 2.96. The molecular formula is C11H13BrOS. The van der Waals surface area contributed by atoms with Crippen LogP contribution in [0.3, 0.4) is 0 Å². The zero-order valence-electron chi connectivity index (χ0n) is 8.29. The van der Waals surface area contributed by atoms with Crippen molar-refractivity contribution in [2.45, 2.75) is 24.2 Å². The minimum Gasteiger partial charge on any atom is -0.303 e. The molecule has 1 nitrogen and oxygen atoms in total. The van der Waals surface area contributed by atoms with Crippen LogP contribution in [-0.2, 0) is 4.79 Å². The molecule has 0 heterocycles. The molecule has 0 aliphatic carbocycles. The molecule has 1 rings (SSSR count). The quantitative estimate of drug-likeness (QED) is 0.612. The van der Waals surface area contributed by atoms with E-state index in [1.807, 2.05) is 0 Å². The lowest BCUT2D eigenvalue weighted by atomic mass is 9.99. The van der Waals surface area contributed by atoms with E-state index >= 15 is 0 Å². The monoisotopic (exact) mass is 272 g/mol. The molecule has 76 valence electrons. The van der Waals surface area contributed by atoms with Gasteiger partial charge in [0, 0.05) is 15.8 Å². The molecule has 3 heteroatoms. The summed E-state index contributed by atoms with van der Waals surface area (Å²) in [6.45, 7) is 2.07. The van der Waals surface area contributed by atoms with Crippen LogP contribution in [0.2, 0.25) is 0 Å². The Bertz CT molecular complexity index is 325. The zero-order chi connectivity index (χ0) is 10.6. The van der Waals surface area contributed by atoms with Gasteiger partial charge in [-0.2, -0.15) is 0 Å². The summed E-state index contributed by atoms with van der Waals surface area (Å²) in [5.74, 6) is 0.302. The topological polar surface area (TPSA) is 17.1 Å². The highest BCUT2D eigenvalue weighted by Crippen LogP contribution is 2.27. The molecule has 0 aliphatic heterocycles. The number of hydrogen-bond acceptors (Lipinski definition) is 2. The van der Waals surface area contributed by atoms with Crippen LogP contribution in [-0.4, -0.2) is 12.5 Å². The van der Waals surface area contributed by atoms with Crippen molar-refractivity contribution >= 4 is 34.0 Å². The maximum absolute atomic E-state index is 10.4. The van der Waals surface area contributed by atoms with Crippen LogP contribution in [0.1, 0.15) is 24.8 Å². The molecule has 1 aromatic carbocycles. The number of carbonyl (C=O) groups is 1. The first kappa shape index (κ1) is 11.8. The molecule has 14 heavy (non-hydrogen) atoms. The molecule has 1 atom stereocenters. The van der Waals surface area contributed by atoms with Gasteiger partial charge < -0.3 is 4.79 Å². The second-order valence-corrected chi connectivity index (χ2v) is 5.02. The number of hydrogen-bond donors (Lipinski definition) is 0. The zero-order valence-corrected chi connectivity index (χ0v) is 10.7. The van der Waals surface area contributed by atoms with Crippen molar-refractivity contribution in [2.75, 3.05) is 6.26 Å². The van der Waals surface area contributed by atoms with Crippen LogP contribution in [0.5, 0.6) is 0 Å². The van der Waals surface area contributed by atoms with Gasteiger partial charge in [0.25, 0.3) is 0 Å². The second kappa shape index (κ2) is 5.56. The van der Waals surface area contributed by atoms with E-state index in [1.165, 1.54) is 10.5 Å². The van der Waals surface area contributed by atoms with Crippen LogP contribution < -0.4 is 0 Å². The highest BCUT2D eigenvalue weighted by molar-refractivity contribution is 9.10. The average molecular weight is 273 g/mol. The normalized spacial score (nSPS) is 12.5. The van der Waals surface area contributed by atoms with Crippen molar-refractivity contribution in [3.8, 4) is 0 Å². The van der Waals surface area contributed by atoms with E-state index in [4.69, 9.17) is 0 Å². The van der Waals surface area contributed by atoms with Gasteiger partial charge >= 0.3 is 0 Å². The molecule has 0 spiro atoms. The highest BCUT2D eigenvalue weighted by Gasteiger charge is 2.06. The Hall–Kier alpha value is -0.280. The van der Waals surface area contributed by atoms with Crippen LogP contribution in [0.15, 0.2) is 27.6 Å². The van der Waals surface area contributed by atoms with Gasteiger partial charge in [-0.15, -0.1) is 11.8 Å². The minimum atomic E-state index is 0.302. The van der Waals surface area contributed by atoms with Crippen LogP contribution in [0.4, 0.5) is 0 Å². The lowest BCUT2D eigenvalue weighted by Crippen LogP contribution is -1.94. The van der Waals surface area contributed by atoms with Crippen LogP contribution in [0, 0.1) is 0 Å². The fourth-order valence-electron chi connectivity index (χ4n) is 1.27.